The highest BCUT2D eigenvalue weighted by Gasteiger charge is 2.27. The Kier molecular flexibility index (Phi) is 6.02. The van der Waals surface area contributed by atoms with Crippen LogP contribution in [0.1, 0.15) is 10.4 Å². The van der Waals surface area contributed by atoms with E-state index in [4.69, 9.17) is 4.74 Å². The van der Waals surface area contributed by atoms with Crippen LogP contribution in [0.15, 0.2) is 51.7 Å². The van der Waals surface area contributed by atoms with Crippen LogP contribution in [0.4, 0.5) is 0 Å². The van der Waals surface area contributed by atoms with Crippen molar-refractivity contribution in [3.05, 3.63) is 57.2 Å². The summed E-state index contributed by atoms with van der Waals surface area (Å²) in [5.41, 5.74) is 0.863. The number of sulfonamides is 1. The average molecular weight is 416 g/mol. The molecule has 0 aliphatic rings. The third kappa shape index (κ3) is 4.23. The lowest BCUT2D eigenvalue weighted by atomic mass is 10.2. The summed E-state index contributed by atoms with van der Waals surface area (Å²) in [4.78, 5) is 1.13. The zero-order valence-electron chi connectivity index (χ0n) is 13.0. The Balaban J connectivity index is 2.44. The Bertz CT molecular complexity index is 799. The number of hydrogen-bond donors (Lipinski definition) is 0. The maximum Gasteiger partial charge on any atom is 0.247 e. The van der Waals surface area contributed by atoms with E-state index in [1.165, 1.54) is 22.8 Å². The molecule has 1 heterocycles. The van der Waals surface area contributed by atoms with Gasteiger partial charge in [-0.1, -0.05) is 12.1 Å². The second-order valence-corrected chi connectivity index (χ2v) is 9.40. The second-order valence-electron chi connectivity index (χ2n) is 4.95. The second kappa shape index (κ2) is 7.61. The van der Waals surface area contributed by atoms with Crippen LogP contribution in [0.3, 0.4) is 0 Å². The summed E-state index contributed by atoms with van der Waals surface area (Å²) in [6.45, 7) is 6.05. The Morgan fingerprint density at radius 1 is 1.35 bits per heavy atom. The first-order valence-corrected chi connectivity index (χ1v) is 9.93. The van der Waals surface area contributed by atoms with E-state index in [1.54, 1.807) is 18.2 Å². The van der Waals surface area contributed by atoms with Gasteiger partial charge in [0.05, 0.1) is 10.9 Å². The van der Waals surface area contributed by atoms with E-state index in [2.05, 4.69) is 22.5 Å². The summed E-state index contributed by atoms with van der Waals surface area (Å²) < 4.78 is 33.7. The van der Waals surface area contributed by atoms with Gasteiger partial charge in [0.25, 0.3) is 0 Å². The van der Waals surface area contributed by atoms with Crippen molar-refractivity contribution in [3.8, 4) is 5.75 Å². The lowest BCUT2D eigenvalue weighted by Gasteiger charge is -2.21. The lowest BCUT2D eigenvalue weighted by molar-refractivity contribution is 0.394. The molecule has 7 heteroatoms. The highest BCUT2D eigenvalue weighted by molar-refractivity contribution is 9.11. The smallest absolute Gasteiger partial charge is 0.247 e. The van der Waals surface area contributed by atoms with Gasteiger partial charge in [-0.25, -0.2) is 8.42 Å². The number of benzene rings is 1. The third-order valence-corrected chi connectivity index (χ3v) is 6.67. The Labute approximate surface area is 149 Å². The predicted octanol–water partition coefficient (Wildman–Crippen LogP) is 4.20. The first-order chi connectivity index (χ1) is 10.9. The van der Waals surface area contributed by atoms with Gasteiger partial charge in [0, 0.05) is 18.0 Å². The largest absolute Gasteiger partial charge is 0.495 e. The molecule has 0 aliphatic heterocycles. The fourth-order valence-electron chi connectivity index (χ4n) is 2.13. The molecule has 0 saturated heterocycles. The molecule has 23 heavy (non-hydrogen) atoms. The molecule has 0 amide bonds. The fraction of sp³-hybridized carbons (Fsp3) is 0.250. The van der Waals surface area contributed by atoms with Gasteiger partial charge < -0.3 is 4.74 Å². The summed E-state index contributed by atoms with van der Waals surface area (Å²) in [6, 6.07) is 8.95. The van der Waals surface area contributed by atoms with Crippen LogP contribution >= 0.6 is 27.3 Å². The molecule has 0 saturated carbocycles. The summed E-state index contributed by atoms with van der Waals surface area (Å²) in [5, 5.41) is 0. The SMILES string of the molecule is C=CCN(Cc1ccc(Br)s1)S(=O)(=O)c1cc(C)ccc1OC. The van der Waals surface area contributed by atoms with E-state index in [0.717, 1.165) is 14.2 Å². The van der Waals surface area contributed by atoms with Crippen LogP contribution in [0.2, 0.25) is 0 Å². The maximum atomic E-state index is 13.1. The molecule has 1 aromatic carbocycles. The fourth-order valence-corrected chi connectivity index (χ4v) is 5.34. The zero-order valence-corrected chi connectivity index (χ0v) is 16.2. The van der Waals surface area contributed by atoms with Crippen LogP contribution in [0.5, 0.6) is 5.75 Å². The molecule has 0 fully saturated rings. The van der Waals surface area contributed by atoms with Gasteiger partial charge in [0.2, 0.25) is 10.0 Å². The quantitative estimate of drug-likeness (QED) is 0.636. The van der Waals surface area contributed by atoms with Crippen molar-refractivity contribution in [2.75, 3.05) is 13.7 Å². The molecule has 2 rings (SSSR count). The van der Waals surface area contributed by atoms with E-state index in [9.17, 15) is 8.42 Å². The van der Waals surface area contributed by atoms with Gasteiger partial charge in [-0.3, -0.25) is 0 Å². The zero-order chi connectivity index (χ0) is 17.0. The maximum absolute atomic E-state index is 13.1. The van der Waals surface area contributed by atoms with Crippen molar-refractivity contribution < 1.29 is 13.2 Å². The minimum absolute atomic E-state index is 0.178. The molecule has 0 bridgehead atoms. The van der Waals surface area contributed by atoms with Gasteiger partial charge in [0.1, 0.15) is 10.6 Å². The Hall–Kier alpha value is -1.15. The number of aryl methyl sites for hydroxylation is 1. The average Bonchev–Trinajstić information content (AvgIpc) is 2.92. The van der Waals surface area contributed by atoms with Crippen LogP contribution in [-0.2, 0) is 16.6 Å². The highest BCUT2D eigenvalue weighted by Crippen LogP contribution is 2.30. The van der Waals surface area contributed by atoms with Crippen molar-refractivity contribution in [2.24, 2.45) is 0 Å². The molecule has 4 nitrogen and oxygen atoms in total. The third-order valence-electron chi connectivity index (χ3n) is 3.23. The van der Waals surface area contributed by atoms with Crippen molar-refractivity contribution in [2.45, 2.75) is 18.4 Å². The number of methoxy groups -OCH3 is 1. The lowest BCUT2D eigenvalue weighted by Crippen LogP contribution is -2.31. The molecule has 1 aromatic heterocycles. The normalized spacial score (nSPS) is 11.7. The summed E-state index contributed by atoms with van der Waals surface area (Å²) >= 11 is 4.91. The van der Waals surface area contributed by atoms with Crippen LogP contribution in [-0.4, -0.2) is 26.4 Å². The summed E-state index contributed by atoms with van der Waals surface area (Å²) in [6.07, 6.45) is 1.59. The van der Waals surface area contributed by atoms with E-state index >= 15 is 0 Å². The first-order valence-electron chi connectivity index (χ1n) is 6.88. The Morgan fingerprint density at radius 2 is 2.09 bits per heavy atom. The molecule has 0 aliphatic carbocycles. The standard InChI is InChI=1S/C16H18BrNO3S2/c1-4-9-18(11-13-6-8-16(17)22-13)23(19,20)15-10-12(2)5-7-14(15)21-3/h4-8,10H,1,9,11H2,2-3H3. The van der Waals surface area contributed by atoms with E-state index in [1.807, 2.05) is 25.1 Å². The van der Waals surface area contributed by atoms with Crippen molar-refractivity contribution in [3.63, 3.8) is 0 Å². The van der Waals surface area contributed by atoms with Gasteiger partial charge >= 0.3 is 0 Å². The molecular weight excluding hydrogens is 398 g/mol. The van der Waals surface area contributed by atoms with Crippen molar-refractivity contribution in [1.82, 2.24) is 4.31 Å². The van der Waals surface area contributed by atoms with Gasteiger partial charge in [0.15, 0.2) is 0 Å². The van der Waals surface area contributed by atoms with E-state index in [0.29, 0.717) is 12.3 Å². The number of hydrogen-bond acceptors (Lipinski definition) is 4. The molecular formula is C16H18BrNO3S2. The topological polar surface area (TPSA) is 46.6 Å². The van der Waals surface area contributed by atoms with Crippen LogP contribution in [0.25, 0.3) is 0 Å². The first kappa shape index (κ1) is 18.2. The van der Waals surface area contributed by atoms with Crippen LogP contribution in [0, 0.1) is 6.92 Å². The minimum Gasteiger partial charge on any atom is -0.495 e. The number of halogens is 1. The molecule has 2 aromatic rings. The number of rotatable bonds is 7. The van der Waals surface area contributed by atoms with Crippen molar-refractivity contribution >= 4 is 37.3 Å². The Morgan fingerprint density at radius 3 is 2.65 bits per heavy atom. The highest BCUT2D eigenvalue weighted by atomic mass is 79.9. The van der Waals surface area contributed by atoms with Crippen molar-refractivity contribution in [1.29, 1.82) is 0 Å². The number of ether oxygens (including phenoxy) is 1. The molecule has 0 N–H and O–H groups in total. The number of thiophene rings is 1. The molecule has 0 atom stereocenters. The predicted molar refractivity (Wildman–Crippen MR) is 97.5 cm³/mol. The van der Waals surface area contributed by atoms with Crippen LogP contribution < -0.4 is 4.74 Å². The molecule has 0 unspecified atom stereocenters. The van der Waals surface area contributed by atoms with Gasteiger partial charge in [-0.15, -0.1) is 17.9 Å². The summed E-state index contributed by atoms with van der Waals surface area (Å²) in [7, 11) is -2.22. The number of nitrogens with zero attached hydrogens (tertiary/aromatic N) is 1. The minimum atomic E-state index is -3.69. The van der Waals surface area contributed by atoms with E-state index < -0.39 is 10.0 Å². The molecule has 0 radical (unpaired) electrons. The monoisotopic (exact) mass is 415 g/mol. The summed E-state index contributed by atoms with van der Waals surface area (Å²) in [5.74, 6) is 0.344. The van der Waals surface area contributed by atoms with E-state index in [-0.39, 0.29) is 11.4 Å². The van der Waals surface area contributed by atoms with Gasteiger partial charge in [-0.2, -0.15) is 4.31 Å². The molecule has 0 spiro atoms. The van der Waals surface area contributed by atoms with Gasteiger partial charge in [-0.05, 0) is 52.7 Å². The molecule has 124 valence electrons.